The largest absolute Gasteiger partial charge is 0.396 e. The van der Waals surface area contributed by atoms with Crippen LogP contribution in [0.2, 0.25) is 0 Å². The van der Waals surface area contributed by atoms with Gasteiger partial charge >= 0.3 is 0 Å². The number of aliphatic hydroxyl groups excluding tert-OH is 1. The summed E-state index contributed by atoms with van der Waals surface area (Å²) in [6, 6.07) is 8.30. The van der Waals surface area contributed by atoms with Crippen LogP contribution in [-0.2, 0) is 4.79 Å². The lowest BCUT2D eigenvalue weighted by atomic mass is 10.1. The molecule has 112 valence electrons. The van der Waals surface area contributed by atoms with Crippen LogP contribution in [0.15, 0.2) is 24.3 Å². The van der Waals surface area contributed by atoms with Gasteiger partial charge in [0.2, 0.25) is 5.91 Å². The zero-order valence-electron chi connectivity index (χ0n) is 12.3. The van der Waals surface area contributed by atoms with Crippen molar-refractivity contribution in [2.45, 2.75) is 32.4 Å². The molecule has 1 aromatic carbocycles. The van der Waals surface area contributed by atoms with Gasteiger partial charge in [-0.1, -0.05) is 12.1 Å². The second kappa shape index (κ2) is 9.00. The van der Waals surface area contributed by atoms with E-state index in [2.05, 4.69) is 23.8 Å². The highest BCUT2D eigenvalue weighted by atomic mass is 32.2. The number of carbonyl (C=O) groups is 1. The SMILES string of the molecule is CSCC(CCO)NC(C)c1cccc(NC(C)=O)c1. The van der Waals surface area contributed by atoms with Crippen LogP contribution >= 0.6 is 11.8 Å². The Morgan fingerprint density at radius 2 is 2.20 bits per heavy atom. The molecular weight excluding hydrogens is 272 g/mol. The van der Waals surface area contributed by atoms with E-state index in [1.165, 1.54) is 6.92 Å². The maximum Gasteiger partial charge on any atom is 0.221 e. The highest BCUT2D eigenvalue weighted by Crippen LogP contribution is 2.19. The van der Waals surface area contributed by atoms with Crippen LogP contribution in [0, 0.1) is 0 Å². The minimum absolute atomic E-state index is 0.0664. The van der Waals surface area contributed by atoms with Gasteiger partial charge in [0.05, 0.1) is 0 Å². The molecule has 0 aromatic heterocycles. The van der Waals surface area contributed by atoms with Gasteiger partial charge in [-0.3, -0.25) is 4.79 Å². The number of hydrogen-bond donors (Lipinski definition) is 3. The van der Waals surface area contributed by atoms with Crippen molar-refractivity contribution in [2.75, 3.05) is 23.9 Å². The number of amides is 1. The van der Waals surface area contributed by atoms with E-state index >= 15 is 0 Å². The van der Waals surface area contributed by atoms with Crippen molar-refractivity contribution in [1.82, 2.24) is 5.32 Å². The number of hydrogen-bond acceptors (Lipinski definition) is 4. The van der Waals surface area contributed by atoms with Gasteiger partial charge in [0.25, 0.3) is 0 Å². The van der Waals surface area contributed by atoms with E-state index < -0.39 is 0 Å². The highest BCUT2D eigenvalue weighted by Gasteiger charge is 2.13. The Balaban J connectivity index is 2.69. The molecule has 0 aliphatic carbocycles. The Kier molecular flexibility index (Phi) is 7.65. The number of aliphatic hydroxyl groups is 1. The molecule has 0 radical (unpaired) electrons. The van der Waals surface area contributed by atoms with E-state index in [0.717, 1.165) is 23.4 Å². The predicted molar refractivity (Wildman–Crippen MR) is 86.2 cm³/mol. The van der Waals surface area contributed by atoms with Gasteiger partial charge in [0.1, 0.15) is 0 Å². The second-order valence-electron chi connectivity index (χ2n) is 4.86. The van der Waals surface area contributed by atoms with Crippen LogP contribution in [0.25, 0.3) is 0 Å². The van der Waals surface area contributed by atoms with Crippen LogP contribution in [0.5, 0.6) is 0 Å². The monoisotopic (exact) mass is 296 g/mol. The molecule has 0 saturated heterocycles. The van der Waals surface area contributed by atoms with Crippen LogP contribution in [0.3, 0.4) is 0 Å². The number of anilines is 1. The molecule has 0 aliphatic heterocycles. The van der Waals surface area contributed by atoms with E-state index in [9.17, 15) is 4.79 Å². The first kappa shape index (κ1) is 17.0. The summed E-state index contributed by atoms with van der Waals surface area (Å²) in [7, 11) is 0. The number of rotatable bonds is 8. The molecule has 0 saturated carbocycles. The first-order valence-corrected chi connectivity index (χ1v) is 8.19. The molecule has 0 fully saturated rings. The standard InChI is InChI=1S/C15H24N2O2S/c1-11(16-15(7-8-18)10-20-3)13-5-4-6-14(9-13)17-12(2)19/h4-6,9,11,15-16,18H,7-8,10H2,1-3H3,(H,17,19). The third-order valence-corrected chi connectivity index (χ3v) is 3.77. The molecule has 0 spiro atoms. The molecule has 2 unspecified atom stereocenters. The van der Waals surface area contributed by atoms with Crippen molar-refractivity contribution in [3.63, 3.8) is 0 Å². The third kappa shape index (κ3) is 5.94. The molecule has 5 heteroatoms. The van der Waals surface area contributed by atoms with Crippen molar-refractivity contribution in [2.24, 2.45) is 0 Å². The number of benzene rings is 1. The summed E-state index contributed by atoms with van der Waals surface area (Å²) < 4.78 is 0. The van der Waals surface area contributed by atoms with E-state index in [-0.39, 0.29) is 24.6 Å². The lowest BCUT2D eigenvalue weighted by molar-refractivity contribution is -0.114. The lowest BCUT2D eigenvalue weighted by Crippen LogP contribution is -2.34. The van der Waals surface area contributed by atoms with E-state index in [0.29, 0.717) is 0 Å². The minimum atomic E-state index is -0.0664. The first-order chi connectivity index (χ1) is 9.56. The lowest BCUT2D eigenvalue weighted by Gasteiger charge is -2.23. The molecule has 0 heterocycles. The average Bonchev–Trinajstić information content (AvgIpc) is 2.38. The quantitative estimate of drug-likeness (QED) is 0.689. The molecule has 3 N–H and O–H groups in total. The normalized spacial score (nSPS) is 13.8. The summed E-state index contributed by atoms with van der Waals surface area (Å²) in [5.74, 6) is 0.902. The van der Waals surface area contributed by atoms with Gasteiger partial charge in [-0.25, -0.2) is 0 Å². The fraction of sp³-hybridized carbons (Fsp3) is 0.533. The number of carbonyl (C=O) groups excluding carboxylic acids is 1. The molecule has 2 atom stereocenters. The second-order valence-corrected chi connectivity index (χ2v) is 5.77. The summed E-state index contributed by atoms with van der Waals surface area (Å²) >= 11 is 1.77. The fourth-order valence-corrected chi connectivity index (χ4v) is 2.78. The molecular formula is C15H24N2O2S. The van der Waals surface area contributed by atoms with E-state index in [4.69, 9.17) is 5.11 Å². The minimum Gasteiger partial charge on any atom is -0.396 e. The van der Waals surface area contributed by atoms with Crippen molar-refractivity contribution >= 4 is 23.4 Å². The van der Waals surface area contributed by atoms with Crippen LogP contribution in [0.1, 0.15) is 31.9 Å². The molecule has 1 aromatic rings. The van der Waals surface area contributed by atoms with Crippen molar-refractivity contribution in [1.29, 1.82) is 0 Å². The van der Waals surface area contributed by atoms with Crippen molar-refractivity contribution in [3.05, 3.63) is 29.8 Å². The maximum atomic E-state index is 11.1. The van der Waals surface area contributed by atoms with Crippen LogP contribution in [-0.4, -0.2) is 35.7 Å². The van der Waals surface area contributed by atoms with Crippen LogP contribution < -0.4 is 10.6 Å². The number of thioether (sulfide) groups is 1. The Bertz CT molecular complexity index is 420. The fourth-order valence-electron chi connectivity index (χ4n) is 2.11. The zero-order chi connectivity index (χ0) is 15.0. The summed E-state index contributed by atoms with van der Waals surface area (Å²) in [6.45, 7) is 3.79. The van der Waals surface area contributed by atoms with Gasteiger partial charge in [-0.2, -0.15) is 11.8 Å². The molecule has 0 bridgehead atoms. The molecule has 20 heavy (non-hydrogen) atoms. The summed E-state index contributed by atoms with van der Waals surface area (Å²) in [6.07, 6.45) is 2.81. The topological polar surface area (TPSA) is 61.4 Å². The predicted octanol–water partition coefficient (Wildman–Crippen LogP) is 2.41. The summed E-state index contributed by atoms with van der Waals surface area (Å²) in [5.41, 5.74) is 1.94. The van der Waals surface area contributed by atoms with Crippen LogP contribution in [0.4, 0.5) is 5.69 Å². The van der Waals surface area contributed by atoms with E-state index in [1.54, 1.807) is 11.8 Å². The molecule has 1 rings (SSSR count). The van der Waals surface area contributed by atoms with Gasteiger partial charge in [-0.05, 0) is 37.3 Å². The van der Waals surface area contributed by atoms with Gasteiger partial charge in [0, 0.05) is 37.1 Å². The van der Waals surface area contributed by atoms with Gasteiger partial charge < -0.3 is 15.7 Å². The zero-order valence-corrected chi connectivity index (χ0v) is 13.2. The van der Waals surface area contributed by atoms with Crippen molar-refractivity contribution < 1.29 is 9.90 Å². The smallest absolute Gasteiger partial charge is 0.221 e. The summed E-state index contributed by atoms with van der Waals surface area (Å²) in [4.78, 5) is 11.1. The Hall–Kier alpha value is -1.04. The molecule has 4 nitrogen and oxygen atoms in total. The number of nitrogens with one attached hydrogen (secondary N) is 2. The maximum absolute atomic E-state index is 11.1. The Labute approximate surface area is 125 Å². The Morgan fingerprint density at radius 3 is 2.80 bits per heavy atom. The Morgan fingerprint density at radius 1 is 1.45 bits per heavy atom. The third-order valence-electron chi connectivity index (χ3n) is 3.04. The van der Waals surface area contributed by atoms with Crippen molar-refractivity contribution in [3.8, 4) is 0 Å². The molecule has 1 amide bonds. The highest BCUT2D eigenvalue weighted by molar-refractivity contribution is 7.98. The first-order valence-electron chi connectivity index (χ1n) is 6.80. The average molecular weight is 296 g/mol. The summed E-state index contributed by atoms with van der Waals surface area (Å²) in [5, 5.41) is 15.4. The molecule has 0 aliphatic rings. The van der Waals surface area contributed by atoms with E-state index in [1.807, 2.05) is 24.3 Å². The van der Waals surface area contributed by atoms with Gasteiger partial charge in [-0.15, -0.1) is 0 Å². The van der Waals surface area contributed by atoms with Gasteiger partial charge in [0.15, 0.2) is 0 Å².